The van der Waals surface area contributed by atoms with Gasteiger partial charge in [-0.1, -0.05) is 18.2 Å². The average Bonchev–Trinajstić information content (AvgIpc) is 3.45. The fourth-order valence-corrected chi connectivity index (χ4v) is 3.58. The number of nitrogens with zero attached hydrogens (tertiary/aromatic N) is 2. The number of aromatic nitrogens is 1. The van der Waals surface area contributed by atoms with Crippen molar-refractivity contribution >= 4 is 11.7 Å². The molecule has 2 aromatic carbocycles. The Kier molecular flexibility index (Phi) is 3.95. The molecule has 5 rings (SSSR count). The second kappa shape index (κ2) is 6.64. The molecular weight excluding hydrogens is 366 g/mol. The molecule has 1 aliphatic heterocycles. The Balaban J connectivity index is 1.32. The molecule has 2 aliphatic rings. The van der Waals surface area contributed by atoms with E-state index < -0.39 is 5.41 Å². The number of anilines is 1. The minimum Gasteiger partial charge on any atom is -0.454 e. The number of rotatable bonds is 4. The first kappa shape index (κ1) is 17.3. The van der Waals surface area contributed by atoms with Crippen molar-refractivity contribution in [2.24, 2.45) is 0 Å². The van der Waals surface area contributed by atoms with Gasteiger partial charge in [-0.15, -0.1) is 0 Å². The smallest absolute Gasteiger partial charge is 0.236 e. The Morgan fingerprint density at radius 3 is 2.45 bits per heavy atom. The van der Waals surface area contributed by atoms with Crippen LogP contribution in [0.15, 0.2) is 60.8 Å². The van der Waals surface area contributed by atoms with E-state index in [9.17, 15) is 4.79 Å². The minimum absolute atomic E-state index is 0.0602. The summed E-state index contributed by atoms with van der Waals surface area (Å²) in [5, 5.41) is 11.8. The summed E-state index contributed by atoms with van der Waals surface area (Å²) >= 11 is 0. The second-order valence-electron chi connectivity index (χ2n) is 7.23. The monoisotopic (exact) mass is 383 g/mol. The van der Waals surface area contributed by atoms with Crippen LogP contribution in [0.25, 0.3) is 11.1 Å². The molecule has 0 spiro atoms. The lowest BCUT2D eigenvalue weighted by Crippen LogP contribution is -2.28. The van der Waals surface area contributed by atoms with Crippen LogP contribution in [-0.2, 0) is 10.2 Å². The van der Waals surface area contributed by atoms with E-state index in [1.54, 1.807) is 24.4 Å². The van der Waals surface area contributed by atoms with Crippen molar-refractivity contribution in [3.05, 3.63) is 71.9 Å². The van der Waals surface area contributed by atoms with E-state index >= 15 is 0 Å². The number of hydrogen-bond donors (Lipinski definition) is 1. The van der Waals surface area contributed by atoms with Gasteiger partial charge < -0.3 is 14.8 Å². The van der Waals surface area contributed by atoms with Crippen LogP contribution in [0.2, 0.25) is 0 Å². The first-order valence-electron chi connectivity index (χ1n) is 9.36. The number of carbonyl (C=O) groups excluding carboxylic acids is 1. The number of carbonyl (C=O) groups is 1. The molecule has 2 heterocycles. The van der Waals surface area contributed by atoms with Crippen molar-refractivity contribution in [3.8, 4) is 28.7 Å². The van der Waals surface area contributed by atoms with Gasteiger partial charge in [0.25, 0.3) is 0 Å². The van der Waals surface area contributed by atoms with Crippen LogP contribution in [-0.4, -0.2) is 17.7 Å². The van der Waals surface area contributed by atoms with Crippen molar-refractivity contribution in [2.75, 3.05) is 12.1 Å². The fraction of sp³-hybridized carbons (Fsp3) is 0.174. The van der Waals surface area contributed by atoms with Crippen LogP contribution in [0.4, 0.5) is 5.82 Å². The number of pyridine rings is 1. The normalized spacial score (nSPS) is 15.4. The predicted octanol–water partition coefficient (Wildman–Crippen LogP) is 4.02. The lowest BCUT2D eigenvalue weighted by atomic mass is 9.94. The van der Waals surface area contributed by atoms with Gasteiger partial charge in [-0.3, -0.25) is 4.79 Å². The molecule has 1 aliphatic carbocycles. The van der Waals surface area contributed by atoms with Gasteiger partial charge >= 0.3 is 0 Å². The van der Waals surface area contributed by atoms with Crippen LogP contribution in [0, 0.1) is 11.3 Å². The van der Waals surface area contributed by atoms with E-state index in [1.807, 2.05) is 36.4 Å². The quantitative estimate of drug-likeness (QED) is 0.736. The Labute approximate surface area is 167 Å². The third-order valence-electron chi connectivity index (χ3n) is 5.46. The number of amides is 1. The summed E-state index contributed by atoms with van der Waals surface area (Å²) in [4.78, 5) is 17.4. The lowest BCUT2D eigenvalue weighted by molar-refractivity contribution is -0.118. The highest BCUT2D eigenvalue weighted by molar-refractivity contribution is 6.01. The Morgan fingerprint density at radius 1 is 1.00 bits per heavy atom. The van der Waals surface area contributed by atoms with Gasteiger partial charge in [0.1, 0.15) is 5.82 Å². The highest BCUT2D eigenvalue weighted by atomic mass is 16.7. The maximum absolute atomic E-state index is 13.0. The van der Waals surface area contributed by atoms with Crippen LogP contribution in [0.3, 0.4) is 0 Å². The summed E-state index contributed by atoms with van der Waals surface area (Å²) in [6.07, 6.45) is 3.31. The van der Waals surface area contributed by atoms with E-state index in [2.05, 4.69) is 16.4 Å². The molecule has 6 nitrogen and oxygen atoms in total. The van der Waals surface area contributed by atoms with Crippen LogP contribution < -0.4 is 14.8 Å². The largest absolute Gasteiger partial charge is 0.454 e. The highest BCUT2D eigenvalue weighted by Gasteiger charge is 2.51. The third kappa shape index (κ3) is 3.07. The third-order valence-corrected chi connectivity index (χ3v) is 5.46. The SMILES string of the molecule is N#Cc1ccc(-c2ccc(NC(=O)C3(c4ccc5c(c4)OCO5)CC3)nc2)cc1. The molecule has 29 heavy (non-hydrogen) atoms. The summed E-state index contributed by atoms with van der Waals surface area (Å²) < 4.78 is 10.8. The number of hydrogen-bond acceptors (Lipinski definition) is 5. The van der Waals surface area contributed by atoms with Gasteiger partial charge in [0.05, 0.1) is 17.0 Å². The van der Waals surface area contributed by atoms with Gasteiger partial charge in [-0.25, -0.2) is 4.98 Å². The topological polar surface area (TPSA) is 84.2 Å². The Bertz CT molecular complexity index is 1130. The number of benzene rings is 2. The molecule has 1 saturated carbocycles. The number of fused-ring (bicyclic) bond motifs is 1. The van der Waals surface area contributed by atoms with Crippen molar-refractivity contribution in [1.82, 2.24) is 4.98 Å². The van der Waals surface area contributed by atoms with E-state index in [1.165, 1.54) is 0 Å². The first-order chi connectivity index (χ1) is 14.2. The molecule has 1 aromatic heterocycles. The first-order valence-corrected chi connectivity index (χ1v) is 9.36. The highest BCUT2D eigenvalue weighted by Crippen LogP contribution is 2.51. The molecule has 0 saturated heterocycles. The molecule has 1 N–H and O–H groups in total. The summed E-state index contributed by atoms with van der Waals surface area (Å²) in [6.45, 7) is 0.216. The molecule has 3 aromatic rings. The van der Waals surface area contributed by atoms with Gasteiger partial charge in [-0.05, 0) is 60.4 Å². The zero-order valence-corrected chi connectivity index (χ0v) is 15.5. The van der Waals surface area contributed by atoms with E-state index in [4.69, 9.17) is 14.7 Å². The molecule has 142 valence electrons. The average molecular weight is 383 g/mol. The van der Waals surface area contributed by atoms with E-state index in [-0.39, 0.29) is 12.7 Å². The summed E-state index contributed by atoms with van der Waals surface area (Å²) in [7, 11) is 0. The van der Waals surface area contributed by atoms with Crippen LogP contribution in [0.1, 0.15) is 24.0 Å². The minimum atomic E-state index is -0.533. The molecule has 1 fully saturated rings. The molecule has 0 unspecified atom stereocenters. The van der Waals surface area contributed by atoms with Gasteiger partial charge in [0.15, 0.2) is 11.5 Å². The molecule has 0 radical (unpaired) electrons. The maximum Gasteiger partial charge on any atom is 0.236 e. The van der Waals surface area contributed by atoms with Crippen molar-refractivity contribution < 1.29 is 14.3 Å². The number of ether oxygens (including phenoxy) is 2. The zero-order valence-electron chi connectivity index (χ0n) is 15.5. The molecule has 1 amide bonds. The maximum atomic E-state index is 13.0. The van der Waals surface area contributed by atoms with Crippen molar-refractivity contribution in [1.29, 1.82) is 5.26 Å². The van der Waals surface area contributed by atoms with Crippen LogP contribution in [0.5, 0.6) is 11.5 Å². The van der Waals surface area contributed by atoms with Gasteiger partial charge in [0.2, 0.25) is 12.7 Å². The number of nitriles is 1. The molecule has 6 heteroatoms. The summed E-state index contributed by atoms with van der Waals surface area (Å²) in [5.74, 6) is 1.85. The second-order valence-corrected chi connectivity index (χ2v) is 7.23. The summed E-state index contributed by atoms with van der Waals surface area (Å²) in [6, 6.07) is 18.8. The molecule has 0 bridgehead atoms. The standard InChI is InChI=1S/C23H17N3O3/c24-12-15-1-3-16(4-2-15)17-5-8-21(25-13-17)26-22(27)23(9-10-23)18-6-7-19-20(11-18)29-14-28-19/h1-8,11,13H,9-10,14H2,(H,25,26,27). The fourth-order valence-electron chi connectivity index (χ4n) is 3.58. The van der Waals surface area contributed by atoms with Crippen molar-refractivity contribution in [3.63, 3.8) is 0 Å². The predicted molar refractivity (Wildman–Crippen MR) is 106 cm³/mol. The van der Waals surface area contributed by atoms with Gasteiger partial charge in [-0.2, -0.15) is 5.26 Å². The van der Waals surface area contributed by atoms with Crippen molar-refractivity contribution in [2.45, 2.75) is 18.3 Å². The lowest BCUT2D eigenvalue weighted by Gasteiger charge is -2.16. The zero-order chi connectivity index (χ0) is 19.8. The Hall–Kier alpha value is -3.85. The number of nitrogens with one attached hydrogen (secondary N) is 1. The van der Waals surface area contributed by atoms with E-state index in [0.717, 1.165) is 29.5 Å². The Morgan fingerprint density at radius 2 is 1.76 bits per heavy atom. The van der Waals surface area contributed by atoms with E-state index in [0.29, 0.717) is 22.9 Å². The molecular formula is C23H17N3O3. The molecule has 0 atom stereocenters. The van der Waals surface area contributed by atoms with Gasteiger partial charge in [0, 0.05) is 11.8 Å². The summed E-state index contributed by atoms with van der Waals surface area (Å²) in [5.41, 5.74) is 2.91. The van der Waals surface area contributed by atoms with Crippen LogP contribution >= 0.6 is 0 Å².